The molecule has 0 saturated carbocycles. The first-order valence-corrected chi connectivity index (χ1v) is 10.8. The molecule has 7 nitrogen and oxygen atoms in total. The molecule has 3 heterocycles. The van der Waals surface area contributed by atoms with E-state index >= 15 is 0 Å². The van der Waals surface area contributed by atoms with Gasteiger partial charge in [-0.25, -0.2) is 9.37 Å². The van der Waals surface area contributed by atoms with Gasteiger partial charge in [0.1, 0.15) is 6.17 Å². The van der Waals surface area contributed by atoms with E-state index in [1.165, 1.54) is 0 Å². The summed E-state index contributed by atoms with van der Waals surface area (Å²) < 4.78 is 39.3. The number of morpholine rings is 1. The predicted molar refractivity (Wildman–Crippen MR) is 115 cm³/mol. The average Bonchev–Trinajstić information content (AvgIpc) is 2.75. The van der Waals surface area contributed by atoms with Gasteiger partial charge in [-0.05, 0) is 51.1 Å². The lowest BCUT2D eigenvalue weighted by Crippen LogP contribution is -2.45. The zero-order valence-electron chi connectivity index (χ0n) is 17.9. The maximum Gasteiger partial charge on any atom is 0.255 e. The third-order valence-electron chi connectivity index (χ3n) is 5.60. The molecule has 0 bridgehead atoms. The van der Waals surface area contributed by atoms with Crippen molar-refractivity contribution in [2.75, 3.05) is 43.0 Å². The highest BCUT2D eigenvalue weighted by Crippen LogP contribution is 2.25. The van der Waals surface area contributed by atoms with Crippen LogP contribution >= 0.6 is 0 Å². The molecule has 168 valence electrons. The molecular weight excluding hydrogens is 404 g/mol. The van der Waals surface area contributed by atoms with Crippen LogP contribution in [0.2, 0.25) is 0 Å². The van der Waals surface area contributed by atoms with Gasteiger partial charge in [0.15, 0.2) is 0 Å². The fourth-order valence-electron chi connectivity index (χ4n) is 4.03. The fraction of sp³-hybridized carbons (Fsp3) is 0.545. The molecule has 0 amide bonds. The zero-order chi connectivity index (χ0) is 21.8. The first kappa shape index (κ1) is 21.7. The molecule has 2 unspecified atom stereocenters. The third-order valence-corrected chi connectivity index (χ3v) is 5.60. The van der Waals surface area contributed by atoms with Crippen molar-refractivity contribution < 1.29 is 18.3 Å². The van der Waals surface area contributed by atoms with Crippen LogP contribution in [0.5, 0.6) is 5.88 Å². The molecule has 0 aliphatic carbocycles. The molecule has 1 aromatic carbocycles. The van der Waals surface area contributed by atoms with Crippen LogP contribution in [0.1, 0.15) is 20.3 Å². The van der Waals surface area contributed by atoms with Crippen LogP contribution in [0.3, 0.4) is 0 Å². The summed E-state index contributed by atoms with van der Waals surface area (Å²) in [6.07, 6.45) is 1.07. The van der Waals surface area contributed by atoms with Crippen molar-refractivity contribution in [3.05, 3.63) is 36.3 Å². The first-order chi connectivity index (χ1) is 15.0. The van der Waals surface area contributed by atoms with E-state index in [2.05, 4.69) is 39.3 Å². The number of aromatic nitrogens is 2. The molecule has 1 aromatic heterocycles. The van der Waals surface area contributed by atoms with Crippen LogP contribution < -0.4 is 20.3 Å². The molecule has 2 aliphatic rings. The summed E-state index contributed by atoms with van der Waals surface area (Å²) in [4.78, 5) is 10.4. The second-order valence-corrected chi connectivity index (χ2v) is 8.26. The van der Waals surface area contributed by atoms with E-state index < -0.39 is 12.0 Å². The SMILES string of the molecule is C[C@@H]1CN(c2ccc(Nc3ncc(F)c(OCC4CCNCC4F)n3)cc2)C[C@H](C)O1. The van der Waals surface area contributed by atoms with E-state index in [-0.39, 0.29) is 36.6 Å². The molecule has 4 atom stereocenters. The van der Waals surface area contributed by atoms with Gasteiger partial charge < -0.3 is 25.0 Å². The summed E-state index contributed by atoms with van der Waals surface area (Å²) in [5.74, 6) is -0.887. The van der Waals surface area contributed by atoms with Crippen LogP contribution in [0, 0.1) is 11.7 Å². The van der Waals surface area contributed by atoms with Crippen LogP contribution in [-0.4, -0.2) is 61.1 Å². The Labute approximate surface area is 181 Å². The molecular formula is C22H29F2N5O2. The minimum Gasteiger partial charge on any atom is -0.475 e. The molecule has 31 heavy (non-hydrogen) atoms. The number of hydrogen-bond acceptors (Lipinski definition) is 7. The van der Waals surface area contributed by atoms with Gasteiger partial charge in [0.05, 0.1) is 25.0 Å². The monoisotopic (exact) mass is 433 g/mol. The largest absolute Gasteiger partial charge is 0.475 e. The number of ether oxygens (including phenoxy) is 2. The molecule has 4 rings (SSSR count). The van der Waals surface area contributed by atoms with Crippen molar-refractivity contribution in [1.29, 1.82) is 0 Å². The van der Waals surface area contributed by atoms with Crippen molar-refractivity contribution in [2.45, 2.75) is 38.6 Å². The highest BCUT2D eigenvalue weighted by Gasteiger charge is 2.26. The second-order valence-electron chi connectivity index (χ2n) is 8.26. The van der Waals surface area contributed by atoms with E-state index in [1.807, 2.05) is 24.3 Å². The molecule has 9 heteroatoms. The standard InChI is InChI=1S/C22H29F2N5O2/c1-14-11-29(12-15(2)31-14)18-5-3-17(4-6-18)27-22-26-10-20(24)21(28-22)30-13-16-7-8-25-9-19(16)23/h3-6,10,14-16,19,25H,7-9,11-13H2,1-2H3,(H,26,27,28)/t14-,15+,16?,19?. The number of benzene rings is 1. The van der Waals surface area contributed by atoms with Crippen molar-refractivity contribution in [3.63, 3.8) is 0 Å². The number of hydrogen-bond donors (Lipinski definition) is 2. The van der Waals surface area contributed by atoms with Crippen molar-refractivity contribution in [3.8, 4) is 5.88 Å². The fourth-order valence-corrected chi connectivity index (χ4v) is 4.03. The van der Waals surface area contributed by atoms with E-state index in [0.29, 0.717) is 13.0 Å². The van der Waals surface area contributed by atoms with Crippen molar-refractivity contribution >= 4 is 17.3 Å². The van der Waals surface area contributed by atoms with Crippen LogP contribution in [0.25, 0.3) is 0 Å². The molecule has 2 aromatic rings. The zero-order valence-corrected chi connectivity index (χ0v) is 17.9. The second kappa shape index (κ2) is 9.74. The van der Waals surface area contributed by atoms with Crippen LogP contribution in [0.4, 0.5) is 26.1 Å². The lowest BCUT2D eigenvalue weighted by molar-refractivity contribution is -0.00521. The van der Waals surface area contributed by atoms with E-state index in [4.69, 9.17) is 9.47 Å². The summed E-state index contributed by atoms with van der Waals surface area (Å²) in [6.45, 7) is 6.94. The summed E-state index contributed by atoms with van der Waals surface area (Å²) in [7, 11) is 0. The van der Waals surface area contributed by atoms with Gasteiger partial charge in [-0.1, -0.05) is 0 Å². The summed E-state index contributed by atoms with van der Waals surface area (Å²) in [5, 5.41) is 6.06. The Balaban J connectivity index is 1.38. The molecule has 2 N–H and O–H groups in total. The molecule has 2 fully saturated rings. The Morgan fingerprint density at radius 1 is 1.23 bits per heavy atom. The Kier molecular flexibility index (Phi) is 6.82. The first-order valence-electron chi connectivity index (χ1n) is 10.8. The van der Waals surface area contributed by atoms with Gasteiger partial charge >= 0.3 is 0 Å². The lowest BCUT2D eigenvalue weighted by atomic mass is 9.97. The number of alkyl halides is 1. The van der Waals surface area contributed by atoms with E-state index in [1.54, 1.807) is 0 Å². The number of rotatable bonds is 6. The average molecular weight is 434 g/mol. The Bertz CT molecular complexity index is 859. The molecule has 0 radical (unpaired) electrons. The number of nitrogens with one attached hydrogen (secondary N) is 2. The lowest BCUT2D eigenvalue weighted by Gasteiger charge is -2.36. The van der Waals surface area contributed by atoms with Crippen LogP contribution in [-0.2, 0) is 4.74 Å². The van der Waals surface area contributed by atoms with Gasteiger partial charge in [-0.15, -0.1) is 0 Å². The van der Waals surface area contributed by atoms with Gasteiger partial charge in [0.25, 0.3) is 5.88 Å². The number of halogens is 2. The topological polar surface area (TPSA) is 71.5 Å². The highest BCUT2D eigenvalue weighted by atomic mass is 19.1. The highest BCUT2D eigenvalue weighted by molar-refractivity contribution is 5.59. The quantitative estimate of drug-likeness (QED) is 0.724. The minimum atomic E-state index is -1.01. The number of piperidine rings is 1. The van der Waals surface area contributed by atoms with E-state index in [0.717, 1.165) is 37.2 Å². The Hall–Kier alpha value is -2.52. The Morgan fingerprint density at radius 2 is 1.97 bits per heavy atom. The summed E-state index contributed by atoms with van der Waals surface area (Å²) in [6, 6.07) is 7.89. The Morgan fingerprint density at radius 3 is 2.68 bits per heavy atom. The van der Waals surface area contributed by atoms with Crippen LogP contribution in [0.15, 0.2) is 30.5 Å². The summed E-state index contributed by atoms with van der Waals surface area (Å²) >= 11 is 0. The predicted octanol–water partition coefficient (Wildman–Crippen LogP) is 3.30. The molecule has 2 saturated heterocycles. The maximum absolute atomic E-state index is 14.1. The van der Waals surface area contributed by atoms with E-state index in [9.17, 15) is 8.78 Å². The third kappa shape index (κ3) is 5.59. The number of anilines is 3. The van der Waals surface area contributed by atoms with Gasteiger partial charge in [-0.3, -0.25) is 0 Å². The number of nitrogens with zero attached hydrogens (tertiary/aromatic N) is 3. The van der Waals surface area contributed by atoms with Gasteiger partial charge in [0.2, 0.25) is 11.8 Å². The van der Waals surface area contributed by atoms with Crippen molar-refractivity contribution in [2.24, 2.45) is 5.92 Å². The molecule has 0 spiro atoms. The minimum absolute atomic E-state index is 0.0846. The summed E-state index contributed by atoms with van der Waals surface area (Å²) in [5.41, 5.74) is 1.89. The molecule has 2 aliphatic heterocycles. The normalized spacial score (nSPS) is 26.5. The van der Waals surface area contributed by atoms with Crippen molar-refractivity contribution in [1.82, 2.24) is 15.3 Å². The van der Waals surface area contributed by atoms with Gasteiger partial charge in [-0.2, -0.15) is 9.37 Å². The smallest absolute Gasteiger partial charge is 0.255 e. The van der Waals surface area contributed by atoms with Gasteiger partial charge in [0, 0.05) is 36.9 Å². The maximum atomic E-state index is 14.1.